The normalized spacial score (nSPS) is 13.7. The molecule has 0 aromatic heterocycles. The summed E-state index contributed by atoms with van der Waals surface area (Å²) in [5.41, 5.74) is 6.72. The highest BCUT2D eigenvalue weighted by Gasteiger charge is 2.18. The van der Waals surface area contributed by atoms with Crippen molar-refractivity contribution in [3.8, 4) is 0 Å². The maximum Gasteiger partial charge on any atom is 0.240 e. The van der Waals surface area contributed by atoms with Gasteiger partial charge in [0.05, 0.1) is 11.4 Å². The second-order valence-electron chi connectivity index (χ2n) is 6.00. The number of anilines is 2. The molecule has 1 rings (SSSR count). The Labute approximate surface area is 127 Å². The van der Waals surface area contributed by atoms with E-state index in [0.717, 1.165) is 13.0 Å². The van der Waals surface area contributed by atoms with Gasteiger partial charge in [-0.1, -0.05) is 19.9 Å². The number of nitrogens with zero attached hydrogens (tertiary/aromatic N) is 1. The highest BCUT2D eigenvalue weighted by atomic mass is 32.2. The minimum atomic E-state index is -3.81. The van der Waals surface area contributed by atoms with Gasteiger partial charge in [0, 0.05) is 12.6 Å². The summed E-state index contributed by atoms with van der Waals surface area (Å²) in [5, 5.41) is 8.51. The van der Waals surface area contributed by atoms with Crippen molar-refractivity contribution >= 4 is 21.4 Å². The summed E-state index contributed by atoms with van der Waals surface area (Å²) in [5.74, 6) is 0.519. The average molecular weight is 314 g/mol. The fraction of sp³-hybridized carbons (Fsp3) is 0.571. The van der Waals surface area contributed by atoms with Gasteiger partial charge >= 0.3 is 0 Å². The maximum absolute atomic E-state index is 11.5. The van der Waals surface area contributed by atoms with Crippen LogP contribution in [0.5, 0.6) is 0 Å². The fourth-order valence-corrected chi connectivity index (χ4v) is 3.01. The van der Waals surface area contributed by atoms with E-state index in [2.05, 4.69) is 24.1 Å². The van der Waals surface area contributed by atoms with Crippen molar-refractivity contribution < 1.29 is 8.42 Å². The standard InChI is InChI=1S/C14H26N4O2S/c1-10(2)8-11(9-18(3)4)17-12-6-5-7-13(14(12)15)21(16,19)20/h5-7,10-11,17H,8-9,15H2,1-4H3,(H2,16,19,20). The van der Waals surface area contributed by atoms with E-state index in [4.69, 9.17) is 10.9 Å². The van der Waals surface area contributed by atoms with Crippen molar-refractivity contribution in [3.63, 3.8) is 0 Å². The molecule has 7 heteroatoms. The Morgan fingerprint density at radius 2 is 1.90 bits per heavy atom. The second kappa shape index (κ2) is 7.11. The minimum absolute atomic E-state index is 0.0411. The summed E-state index contributed by atoms with van der Waals surface area (Å²) >= 11 is 0. The van der Waals surface area contributed by atoms with Crippen molar-refractivity contribution in [1.29, 1.82) is 0 Å². The molecule has 0 radical (unpaired) electrons. The van der Waals surface area contributed by atoms with Gasteiger partial charge in [0.1, 0.15) is 4.90 Å². The Morgan fingerprint density at radius 3 is 2.38 bits per heavy atom. The molecule has 0 spiro atoms. The molecule has 5 N–H and O–H groups in total. The lowest BCUT2D eigenvalue weighted by atomic mass is 10.0. The fourth-order valence-electron chi connectivity index (χ4n) is 2.33. The van der Waals surface area contributed by atoms with Crippen LogP contribution in [0.1, 0.15) is 20.3 Å². The van der Waals surface area contributed by atoms with Gasteiger partial charge in [0.25, 0.3) is 0 Å². The third-order valence-corrected chi connectivity index (χ3v) is 4.04. The van der Waals surface area contributed by atoms with Gasteiger partial charge in [-0.05, 0) is 38.6 Å². The lowest BCUT2D eigenvalue weighted by molar-refractivity contribution is 0.356. The van der Waals surface area contributed by atoms with Gasteiger partial charge in [-0.3, -0.25) is 0 Å². The molecule has 0 amide bonds. The Balaban J connectivity index is 3.04. The van der Waals surface area contributed by atoms with E-state index in [1.165, 1.54) is 6.07 Å². The molecule has 0 saturated heterocycles. The summed E-state index contributed by atoms with van der Waals surface area (Å²) in [6.45, 7) is 5.13. The van der Waals surface area contributed by atoms with E-state index in [0.29, 0.717) is 11.6 Å². The third kappa shape index (κ3) is 5.53. The van der Waals surface area contributed by atoms with Crippen LogP contribution in [0, 0.1) is 5.92 Å². The topological polar surface area (TPSA) is 101 Å². The number of hydrogen-bond acceptors (Lipinski definition) is 5. The molecule has 0 aliphatic heterocycles. The highest BCUT2D eigenvalue weighted by Crippen LogP contribution is 2.27. The van der Waals surface area contributed by atoms with Gasteiger partial charge in [0.15, 0.2) is 0 Å². The lowest BCUT2D eigenvalue weighted by Gasteiger charge is -2.26. The van der Waals surface area contributed by atoms with Crippen LogP contribution in [-0.2, 0) is 10.0 Å². The SMILES string of the molecule is CC(C)CC(CN(C)C)Nc1cccc(S(N)(=O)=O)c1N. The predicted octanol–water partition coefficient (Wildman–Crippen LogP) is 1.30. The van der Waals surface area contributed by atoms with Gasteiger partial charge in [-0.15, -0.1) is 0 Å². The molecule has 0 aliphatic carbocycles. The first-order valence-corrected chi connectivity index (χ1v) is 8.48. The molecule has 0 heterocycles. The predicted molar refractivity (Wildman–Crippen MR) is 87.6 cm³/mol. The van der Waals surface area contributed by atoms with Crippen LogP contribution in [0.4, 0.5) is 11.4 Å². The molecule has 21 heavy (non-hydrogen) atoms. The van der Waals surface area contributed by atoms with Gasteiger partial charge in [-0.25, -0.2) is 13.6 Å². The Kier molecular flexibility index (Phi) is 6.00. The van der Waals surface area contributed by atoms with Crippen molar-refractivity contribution in [2.24, 2.45) is 11.1 Å². The first-order chi connectivity index (χ1) is 9.61. The minimum Gasteiger partial charge on any atom is -0.396 e. The van der Waals surface area contributed by atoms with Crippen LogP contribution in [0.2, 0.25) is 0 Å². The first-order valence-electron chi connectivity index (χ1n) is 6.93. The van der Waals surface area contributed by atoms with E-state index in [-0.39, 0.29) is 16.6 Å². The number of sulfonamides is 1. The number of nitrogens with two attached hydrogens (primary N) is 2. The highest BCUT2D eigenvalue weighted by molar-refractivity contribution is 7.89. The summed E-state index contributed by atoms with van der Waals surface area (Å²) in [6.07, 6.45) is 0.956. The van der Waals surface area contributed by atoms with Crippen LogP contribution in [0.15, 0.2) is 23.1 Å². The molecule has 1 atom stereocenters. The smallest absolute Gasteiger partial charge is 0.240 e. The van der Waals surface area contributed by atoms with E-state index in [1.54, 1.807) is 12.1 Å². The largest absolute Gasteiger partial charge is 0.396 e. The summed E-state index contributed by atoms with van der Waals surface area (Å²) in [7, 11) is 0.185. The summed E-state index contributed by atoms with van der Waals surface area (Å²) < 4.78 is 23.0. The molecule has 1 aromatic carbocycles. The number of hydrogen-bond donors (Lipinski definition) is 3. The van der Waals surface area contributed by atoms with Crippen LogP contribution in [0.25, 0.3) is 0 Å². The van der Waals surface area contributed by atoms with Crippen molar-refractivity contribution in [3.05, 3.63) is 18.2 Å². The van der Waals surface area contributed by atoms with Gasteiger partial charge in [-0.2, -0.15) is 0 Å². The number of nitrogens with one attached hydrogen (secondary N) is 1. The summed E-state index contributed by atoms with van der Waals surface area (Å²) in [6, 6.07) is 5.00. The monoisotopic (exact) mass is 314 g/mol. The zero-order valence-electron chi connectivity index (χ0n) is 13.1. The van der Waals surface area contributed by atoms with E-state index >= 15 is 0 Å². The van der Waals surface area contributed by atoms with Crippen LogP contribution >= 0.6 is 0 Å². The van der Waals surface area contributed by atoms with Gasteiger partial charge < -0.3 is 16.0 Å². The zero-order valence-corrected chi connectivity index (χ0v) is 13.9. The molecule has 6 nitrogen and oxygen atoms in total. The number of nitrogen functional groups attached to an aromatic ring is 1. The quantitative estimate of drug-likeness (QED) is 0.659. The van der Waals surface area contributed by atoms with Crippen molar-refractivity contribution in [1.82, 2.24) is 4.90 Å². The van der Waals surface area contributed by atoms with Crippen LogP contribution < -0.4 is 16.2 Å². The second-order valence-corrected chi connectivity index (χ2v) is 7.53. The first kappa shape index (κ1) is 17.7. The number of para-hydroxylation sites is 1. The Bertz CT molecular complexity index is 560. The molecular formula is C14H26N4O2S. The maximum atomic E-state index is 11.5. The Hall–Kier alpha value is -1.31. The van der Waals surface area contributed by atoms with E-state index in [9.17, 15) is 8.42 Å². The van der Waals surface area contributed by atoms with E-state index in [1.807, 2.05) is 14.1 Å². The van der Waals surface area contributed by atoms with E-state index < -0.39 is 10.0 Å². The number of rotatable bonds is 7. The molecule has 0 bridgehead atoms. The summed E-state index contributed by atoms with van der Waals surface area (Å²) in [4.78, 5) is 2.04. The Morgan fingerprint density at radius 1 is 1.29 bits per heavy atom. The molecule has 0 fully saturated rings. The number of likely N-dealkylation sites (N-methyl/N-ethyl adjacent to an activating group) is 1. The molecule has 1 aromatic rings. The van der Waals surface area contributed by atoms with Crippen molar-refractivity contribution in [2.75, 3.05) is 31.7 Å². The number of benzene rings is 1. The molecular weight excluding hydrogens is 288 g/mol. The molecule has 120 valence electrons. The molecule has 0 saturated carbocycles. The third-order valence-electron chi connectivity index (χ3n) is 3.07. The van der Waals surface area contributed by atoms with Crippen LogP contribution in [-0.4, -0.2) is 40.0 Å². The average Bonchev–Trinajstić information content (AvgIpc) is 2.28. The van der Waals surface area contributed by atoms with Crippen molar-refractivity contribution in [2.45, 2.75) is 31.2 Å². The molecule has 0 aliphatic rings. The zero-order chi connectivity index (χ0) is 16.2. The van der Waals surface area contributed by atoms with Gasteiger partial charge in [0.2, 0.25) is 10.0 Å². The number of primary sulfonamides is 1. The van der Waals surface area contributed by atoms with Crippen LogP contribution in [0.3, 0.4) is 0 Å². The lowest BCUT2D eigenvalue weighted by Crippen LogP contribution is -2.33. The molecule has 1 unspecified atom stereocenters.